The Morgan fingerprint density at radius 1 is 1.37 bits per heavy atom. The minimum atomic E-state index is 0.109. The SMILES string of the molecule is CC1CC(N)CN(C(=O)c2csc3ccccc23)C1. The molecule has 1 aliphatic heterocycles. The molecule has 1 fully saturated rings. The second-order valence-electron chi connectivity index (χ2n) is 5.46. The average Bonchev–Trinajstić information content (AvgIpc) is 2.80. The van der Waals surface area contributed by atoms with Crippen molar-refractivity contribution in [2.24, 2.45) is 11.7 Å². The monoisotopic (exact) mass is 274 g/mol. The second kappa shape index (κ2) is 4.94. The molecule has 0 spiro atoms. The molecule has 0 radical (unpaired) electrons. The first kappa shape index (κ1) is 12.6. The maximum Gasteiger partial charge on any atom is 0.255 e. The van der Waals surface area contributed by atoms with Crippen LogP contribution in [-0.2, 0) is 0 Å². The second-order valence-corrected chi connectivity index (χ2v) is 6.37. The van der Waals surface area contributed by atoms with Crippen LogP contribution in [0.3, 0.4) is 0 Å². The van der Waals surface area contributed by atoms with Gasteiger partial charge in [-0.05, 0) is 18.4 Å². The van der Waals surface area contributed by atoms with Crippen molar-refractivity contribution in [3.8, 4) is 0 Å². The van der Waals surface area contributed by atoms with Gasteiger partial charge in [0, 0.05) is 34.6 Å². The number of carbonyl (C=O) groups excluding carboxylic acids is 1. The Balaban J connectivity index is 1.91. The Morgan fingerprint density at radius 2 is 2.16 bits per heavy atom. The average molecular weight is 274 g/mol. The van der Waals surface area contributed by atoms with E-state index in [0.29, 0.717) is 12.5 Å². The van der Waals surface area contributed by atoms with Gasteiger partial charge in [-0.3, -0.25) is 4.79 Å². The molecule has 100 valence electrons. The van der Waals surface area contributed by atoms with Crippen molar-refractivity contribution in [1.82, 2.24) is 4.90 Å². The lowest BCUT2D eigenvalue weighted by molar-refractivity contribution is 0.0663. The Bertz CT molecular complexity index is 597. The summed E-state index contributed by atoms with van der Waals surface area (Å²) in [6.07, 6.45) is 1.01. The number of likely N-dealkylation sites (tertiary alicyclic amines) is 1. The third-order valence-corrected chi connectivity index (χ3v) is 4.65. The lowest BCUT2D eigenvalue weighted by atomic mass is 9.96. The summed E-state index contributed by atoms with van der Waals surface area (Å²) in [4.78, 5) is 14.6. The normalized spacial score (nSPS) is 23.8. The van der Waals surface area contributed by atoms with Gasteiger partial charge < -0.3 is 10.6 Å². The van der Waals surface area contributed by atoms with Gasteiger partial charge in [0.25, 0.3) is 5.91 Å². The number of nitrogens with zero attached hydrogens (tertiary/aromatic N) is 1. The highest BCUT2D eigenvalue weighted by atomic mass is 32.1. The van der Waals surface area contributed by atoms with Gasteiger partial charge in [-0.25, -0.2) is 0 Å². The van der Waals surface area contributed by atoms with Crippen LogP contribution in [0.25, 0.3) is 10.1 Å². The summed E-state index contributed by atoms with van der Waals surface area (Å²) in [6, 6.07) is 8.17. The molecule has 1 amide bonds. The van der Waals surface area contributed by atoms with Crippen molar-refractivity contribution in [2.45, 2.75) is 19.4 Å². The standard InChI is InChI=1S/C15H18N2OS/c1-10-6-11(16)8-17(7-10)15(18)13-9-19-14-5-3-2-4-12(13)14/h2-5,9-11H,6-8,16H2,1H3. The van der Waals surface area contributed by atoms with Crippen molar-refractivity contribution in [2.75, 3.05) is 13.1 Å². The highest BCUT2D eigenvalue weighted by Crippen LogP contribution is 2.28. The smallest absolute Gasteiger partial charge is 0.255 e. The zero-order valence-corrected chi connectivity index (χ0v) is 11.8. The molecule has 2 unspecified atom stereocenters. The molecular formula is C15H18N2OS. The predicted molar refractivity (Wildman–Crippen MR) is 79.5 cm³/mol. The van der Waals surface area contributed by atoms with Crippen LogP contribution in [0.1, 0.15) is 23.7 Å². The molecule has 0 saturated carbocycles. The highest BCUT2D eigenvalue weighted by molar-refractivity contribution is 7.17. The first-order valence-corrected chi connectivity index (χ1v) is 7.54. The fraction of sp³-hybridized carbons (Fsp3) is 0.400. The number of benzene rings is 1. The van der Waals surface area contributed by atoms with Gasteiger partial charge in [-0.1, -0.05) is 25.1 Å². The van der Waals surface area contributed by atoms with Crippen molar-refractivity contribution < 1.29 is 4.79 Å². The molecule has 0 bridgehead atoms. The summed E-state index contributed by atoms with van der Waals surface area (Å²) < 4.78 is 1.17. The molecule has 4 heteroatoms. The number of fused-ring (bicyclic) bond motifs is 1. The molecular weight excluding hydrogens is 256 g/mol. The van der Waals surface area contributed by atoms with E-state index in [2.05, 4.69) is 13.0 Å². The van der Waals surface area contributed by atoms with Gasteiger partial charge in [0.2, 0.25) is 0 Å². The third kappa shape index (κ3) is 2.38. The van der Waals surface area contributed by atoms with Crippen LogP contribution in [0, 0.1) is 5.92 Å². The molecule has 1 saturated heterocycles. The maximum atomic E-state index is 12.6. The van der Waals surface area contributed by atoms with Crippen molar-refractivity contribution in [3.63, 3.8) is 0 Å². The topological polar surface area (TPSA) is 46.3 Å². The molecule has 2 N–H and O–H groups in total. The molecule has 2 heterocycles. The maximum absolute atomic E-state index is 12.6. The number of hydrogen-bond donors (Lipinski definition) is 1. The first-order chi connectivity index (χ1) is 9.15. The third-order valence-electron chi connectivity index (χ3n) is 3.69. The molecule has 2 aromatic rings. The van der Waals surface area contributed by atoms with E-state index in [1.54, 1.807) is 11.3 Å². The van der Waals surface area contributed by atoms with Crippen molar-refractivity contribution in [3.05, 3.63) is 35.2 Å². The van der Waals surface area contributed by atoms with Crippen LogP contribution in [0.4, 0.5) is 0 Å². The Labute approximate surface area is 117 Å². The number of amides is 1. The minimum Gasteiger partial charge on any atom is -0.337 e. The van der Waals surface area contributed by atoms with Gasteiger partial charge >= 0.3 is 0 Å². The van der Waals surface area contributed by atoms with Crippen LogP contribution in [0.5, 0.6) is 0 Å². The molecule has 19 heavy (non-hydrogen) atoms. The summed E-state index contributed by atoms with van der Waals surface area (Å²) in [6.45, 7) is 3.65. The van der Waals surface area contributed by atoms with E-state index < -0.39 is 0 Å². The van der Waals surface area contributed by atoms with Crippen molar-refractivity contribution >= 4 is 27.3 Å². The van der Waals surface area contributed by atoms with Crippen LogP contribution >= 0.6 is 11.3 Å². The summed E-state index contributed by atoms with van der Waals surface area (Å²) in [5.74, 6) is 0.608. The van der Waals surface area contributed by atoms with E-state index in [1.165, 1.54) is 4.70 Å². The lowest BCUT2D eigenvalue weighted by Gasteiger charge is -2.34. The molecule has 2 atom stereocenters. The number of nitrogens with two attached hydrogens (primary N) is 1. The summed E-state index contributed by atoms with van der Waals surface area (Å²) >= 11 is 1.63. The first-order valence-electron chi connectivity index (χ1n) is 6.66. The quantitative estimate of drug-likeness (QED) is 0.869. The zero-order valence-electron chi connectivity index (χ0n) is 11.0. The molecule has 1 aliphatic rings. The van der Waals surface area contributed by atoms with Gasteiger partial charge in [-0.15, -0.1) is 11.3 Å². The van der Waals surface area contributed by atoms with Gasteiger partial charge in [0.05, 0.1) is 5.56 Å². The Hall–Kier alpha value is -1.39. The van der Waals surface area contributed by atoms with Crippen LogP contribution in [0.15, 0.2) is 29.6 Å². The number of piperidine rings is 1. The summed E-state index contributed by atoms with van der Waals surface area (Å²) in [7, 11) is 0. The van der Waals surface area contributed by atoms with Gasteiger partial charge in [0.15, 0.2) is 0 Å². The van der Waals surface area contributed by atoms with Crippen molar-refractivity contribution in [1.29, 1.82) is 0 Å². The molecule has 1 aromatic heterocycles. The fourth-order valence-electron chi connectivity index (χ4n) is 2.88. The Morgan fingerprint density at radius 3 is 2.95 bits per heavy atom. The van der Waals surface area contributed by atoms with E-state index in [1.807, 2.05) is 28.5 Å². The van der Waals surface area contributed by atoms with Crippen LogP contribution in [0.2, 0.25) is 0 Å². The lowest BCUT2D eigenvalue weighted by Crippen LogP contribution is -2.48. The predicted octanol–water partition coefficient (Wildman–Crippen LogP) is 2.71. The van der Waals surface area contributed by atoms with E-state index in [9.17, 15) is 4.79 Å². The van der Waals surface area contributed by atoms with Crippen LogP contribution < -0.4 is 5.73 Å². The number of thiophene rings is 1. The van der Waals surface area contributed by atoms with Gasteiger partial charge in [0.1, 0.15) is 0 Å². The molecule has 0 aliphatic carbocycles. The van der Waals surface area contributed by atoms with Gasteiger partial charge in [-0.2, -0.15) is 0 Å². The molecule has 3 nitrogen and oxygen atoms in total. The van der Waals surface area contributed by atoms with Crippen LogP contribution in [-0.4, -0.2) is 29.9 Å². The fourth-order valence-corrected chi connectivity index (χ4v) is 3.81. The number of carbonyl (C=O) groups is 1. The van der Waals surface area contributed by atoms with E-state index in [-0.39, 0.29) is 11.9 Å². The molecule has 1 aromatic carbocycles. The Kier molecular flexibility index (Phi) is 3.29. The zero-order chi connectivity index (χ0) is 13.4. The van der Waals surface area contributed by atoms with E-state index in [4.69, 9.17) is 5.73 Å². The largest absolute Gasteiger partial charge is 0.337 e. The summed E-state index contributed by atoms with van der Waals surface area (Å²) in [5, 5.41) is 3.03. The number of rotatable bonds is 1. The van der Waals surface area contributed by atoms with E-state index >= 15 is 0 Å². The highest BCUT2D eigenvalue weighted by Gasteiger charge is 2.27. The summed E-state index contributed by atoms with van der Waals surface area (Å²) in [5.41, 5.74) is 6.85. The number of hydrogen-bond acceptors (Lipinski definition) is 3. The molecule has 3 rings (SSSR count). The minimum absolute atomic E-state index is 0.109. The van der Waals surface area contributed by atoms with E-state index in [0.717, 1.165) is 23.9 Å².